The van der Waals surface area contributed by atoms with Gasteiger partial charge in [0.1, 0.15) is 0 Å². The highest BCUT2D eigenvalue weighted by Gasteiger charge is 2.18. The molecule has 0 aliphatic rings. The van der Waals surface area contributed by atoms with Gasteiger partial charge in [0, 0.05) is 13.6 Å². The number of hydrogen-bond acceptors (Lipinski definition) is 4. The van der Waals surface area contributed by atoms with Crippen LogP contribution in [0, 0.1) is 0 Å². The highest BCUT2D eigenvalue weighted by atomic mass is 16.4. The third kappa shape index (κ3) is 5.97. The lowest BCUT2D eigenvalue weighted by Gasteiger charge is -2.21. The predicted octanol–water partition coefficient (Wildman–Crippen LogP) is -1.06. The van der Waals surface area contributed by atoms with Crippen molar-refractivity contribution in [1.29, 1.82) is 0 Å². The molecule has 0 atom stereocenters. The first-order valence-electron chi connectivity index (χ1n) is 4.76. The summed E-state index contributed by atoms with van der Waals surface area (Å²) in [4.78, 5) is 34.8. The first-order valence-corrected chi connectivity index (χ1v) is 4.76. The Morgan fingerprint density at radius 2 is 1.44 bits per heavy atom. The molecule has 0 fully saturated rings. The average Bonchev–Trinajstić information content (AvgIpc) is 2.14. The molecule has 0 aliphatic carbocycles. The zero-order chi connectivity index (χ0) is 12.7. The number of carboxylic acid groups (broad SMARTS) is 2. The van der Waals surface area contributed by atoms with Crippen LogP contribution in [0.4, 0.5) is 0 Å². The number of carbonyl (C=O) groups is 3. The largest absolute Gasteiger partial charge is 0.480 e. The molecular weight excluding hydrogens is 216 g/mol. The Kier molecular flexibility index (Phi) is 6.09. The Labute approximate surface area is 93.3 Å². The average molecular weight is 232 g/mol. The van der Waals surface area contributed by atoms with E-state index >= 15 is 0 Å². The van der Waals surface area contributed by atoms with E-state index in [-0.39, 0.29) is 12.5 Å². The fourth-order valence-electron chi connectivity index (χ4n) is 1.04. The SMILES string of the molecule is CCN(C)C(=O)CN(CC(=O)O)CC(=O)O. The molecule has 0 bridgehead atoms. The quantitative estimate of drug-likeness (QED) is 0.580. The smallest absolute Gasteiger partial charge is 0.317 e. The lowest BCUT2D eigenvalue weighted by atomic mass is 10.4. The summed E-state index contributed by atoms with van der Waals surface area (Å²) < 4.78 is 0. The summed E-state index contributed by atoms with van der Waals surface area (Å²) in [6.07, 6.45) is 0. The third-order valence-electron chi connectivity index (χ3n) is 1.98. The van der Waals surface area contributed by atoms with Crippen molar-refractivity contribution >= 4 is 17.8 Å². The Balaban J connectivity index is 4.35. The van der Waals surface area contributed by atoms with Gasteiger partial charge in [-0.25, -0.2) is 0 Å². The van der Waals surface area contributed by atoms with Crippen LogP contribution in [0.1, 0.15) is 6.92 Å². The standard InChI is InChI=1S/C9H16N2O5/c1-3-10(2)7(12)4-11(5-8(13)14)6-9(15)16/h3-6H2,1-2H3,(H,13,14)(H,15,16). The van der Waals surface area contributed by atoms with Gasteiger partial charge in [-0.05, 0) is 6.92 Å². The molecular formula is C9H16N2O5. The van der Waals surface area contributed by atoms with Crippen LogP contribution in [0.5, 0.6) is 0 Å². The number of likely N-dealkylation sites (N-methyl/N-ethyl adjacent to an activating group) is 1. The van der Waals surface area contributed by atoms with E-state index in [1.165, 1.54) is 4.90 Å². The molecule has 0 aliphatic heterocycles. The molecule has 0 saturated carbocycles. The summed E-state index contributed by atoms with van der Waals surface area (Å²) in [7, 11) is 1.57. The molecule has 0 aromatic heterocycles. The van der Waals surface area contributed by atoms with Crippen LogP contribution >= 0.6 is 0 Å². The van der Waals surface area contributed by atoms with Crippen LogP contribution in [0.3, 0.4) is 0 Å². The van der Waals surface area contributed by atoms with Gasteiger partial charge in [0.15, 0.2) is 0 Å². The highest BCUT2D eigenvalue weighted by Crippen LogP contribution is 1.92. The second-order valence-electron chi connectivity index (χ2n) is 3.34. The molecule has 92 valence electrons. The first-order chi connectivity index (χ1) is 7.36. The maximum Gasteiger partial charge on any atom is 0.317 e. The molecule has 1 amide bonds. The summed E-state index contributed by atoms with van der Waals surface area (Å²) >= 11 is 0. The minimum absolute atomic E-state index is 0.205. The van der Waals surface area contributed by atoms with E-state index in [4.69, 9.17) is 10.2 Å². The molecule has 0 saturated heterocycles. The van der Waals surface area contributed by atoms with Gasteiger partial charge < -0.3 is 15.1 Å². The monoisotopic (exact) mass is 232 g/mol. The topological polar surface area (TPSA) is 98.2 Å². The molecule has 7 heteroatoms. The van der Waals surface area contributed by atoms with Crippen molar-refractivity contribution < 1.29 is 24.6 Å². The molecule has 0 aromatic rings. The lowest BCUT2D eigenvalue weighted by molar-refractivity contribution is -0.143. The van der Waals surface area contributed by atoms with Gasteiger partial charge in [-0.15, -0.1) is 0 Å². The normalized spacial score (nSPS) is 10.2. The van der Waals surface area contributed by atoms with Crippen molar-refractivity contribution in [2.24, 2.45) is 0 Å². The summed E-state index contributed by atoms with van der Waals surface area (Å²) in [5, 5.41) is 17.1. The molecule has 0 unspecified atom stereocenters. The second kappa shape index (κ2) is 6.78. The zero-order valence-electron chi connectivity index (χ0n) is 9.34. The van der Waals surface area contributed by atoms with Gasteiger partial charge in [-0.1, -0.05) is 0 Å². The molecule has 0 radical (unpaired) electrons. The number of hydrogen-bond donors (Lipinski definition) is 2. The summed E-state index contributed by atoms with van der Waals surface area (Å²) in [6.45, 7) is 1.14. The van der Waals surface area contributed by atoms with Crippen LogP contribution in [0.25, 0.3) is 0 Å². The van der Waals surface area contributed by atoms with Gasteiger partial charge in [-0.2, -0.15) is 0 Å². The van der Waals surface area contributed by atoms with Crippen molar-refractivity contribution in [1.82, 2.24) is 9.80 Å². The summed E-state index contributed by atoms with van der Waals surface area (Å²) in [5.41, 5.74) is 0. The van der Waals surface area contributed by atoms with Crippen molar-refractivity contribution in [3.05, 3.63) is 0 Å². The Morgan fingerprint density at radius 3 is 1.75 bits per heavy atom. The fraction of sp³-hybridized carbons (Fsp3) is 0.667. The Hall–Kier alpha value is -1.63. The van der Waals surface area contributed by atoms with Gasteiger partial charge in [0.25, 0.3) is 0 Å². The molecule has 0 heterocycles. The first kappa shape index (κ1) is 14.4. The van der Waals surface area contributed by atoms with Gasteiger partial charge >= 0.3 is 11.9 Å². The molecule has 16 heavy (non-hydrogen) atoms. The van der Waals surface area contributed by atoms with Crippen molar-refractivity contribution in [3.8, 4) is 0 Å². The van der Waals surface area contributed by atoms with E-state index in [9.17, 15) is 14.4 Å². The predicted molar refractivity (Wildman–Crippen MR) is 55.0 cm³/mol. The lowest BCUT2D eigenvalue weighted by Crippen LogP contribution is -2.42. The molecule has 2 N–H and O–H groups in total. The fourth-order valence-corrected chi connectivity index (χ4v) is 1.04. The van der Waals surface area contributed by atoms with Crippen molar-refractivity contribution in [2.75, 3.05) is 33.2 Å². The number of rotatable bonds is 7. The number of nitrogens with zero attached hydrogens (tertiary/aromatic N) is 2. The Morgan fingerprint density at radius 1 is 1.00 bits per heavy atom. The molecule has 7 nitrogen and oxygen atoms in total. The highest BCUT2D eigenvalue weighted by molar-refractivity contribution is 5.80. The number of aliphatic carboxylic acids is 2. The zero-order valence-corrected chi connectivity index (χ0v) is 9.34. The molecule has 0 aromatic carbocycles. The van der Waals surface area contributed by atoms with Crippen LogP contribution in [-0.2, 0) is 14.4 Å². The number of amides is 1. The van der Waals surface area contributed by atoms with Crippen LogP contribution in [-0.4, -0.2) is 71.1 Å². The number of carbonyl (C=O) groups excluding carboxylic acids is 1. The maximum absolute atomic E-state index is 11.4. The minimum Gasteiger partial charge on any atom is -0.480 e. The van der Waals surface area contributed by atoms with E-state index in [2.05, 4.69) is 0 Å². The number of carboxylic acids is 2. The van der Waals surface area contributed by atoms with Gasteiger partial charge in [0.05, 0.1) is 19.6 Å². The molecule has 0 spiro atoms. The maximum atomic E-state index is 11.4. The van der Waals surface area contributed by atoms with E-state index in [1.807, 2.05) is 0 Å². The van der Waals surface area contributed by atoms with E-state index in [0.717, 1.165) is 4.90 Å². The van der Waals surface area contributed by atoms with Crippen molar-refractivity contribution in [3.63, 3.8) is 0 Å². The van der Waals surface area contributed by atoms with E-state index in [0.29, 0.717) is 6.54 Å². The van der Waals surface area contributed by atoms with E-state index < -0.39 is 25.0 Å². The van der Waals surface area contributed by atoms with Gasteiger partial charge in [-0.3, -0.25) is 19.3 Å². The summed E-state index contributed by atoms with van der Waals surface area (Å²) in [5.74, 6) is -2.62. The van der Waals surface area contributed by atoms with Crippen molar-refractivity contribution in [2.45, 2.75) is 6.92 Å². The third-order valence-corrected chi connectivity index (χ3v) is 1.98. The minimum atomic E-state index is -1.16. The van der Waals surface area contributed by atoms with Crippen LogP contribution < -0.4 is 0 Å². The molecule has 0 rings (SSSR count). The Bertz CT molecular complexity index is 263. The van der Waals surface area contributed by atoms with E-state index in [1.54, 1.807) is 14.0 Å². The van der Waals surface area contributed by atoms with Crippen LogP contribution in [0.2, 0.25) is 0 Å². The van der Waals surface area contributed by atoms with Crippen LogP contribution in [0.15, 0.2) is 0 Å². The summed E-state index contributed by atoms with van der Waals surface area (Å²) in [6, 6.07) is 0. The second-order valence-corrected chi connectivity index (χ2v) is 3.34. The van der Waals surface area contributed by atoms with Gasteiger partial charge in [0.2, 0.25) is 5.91 Å².